The molecule has 2 aromatic heterocycles. The lowest BCUT2D eigenvalue weighted by atomic mass is 9.94. The van der Waals surface area contributed by atoms with Gasteiger partial charge in [-0.1, -0.05) is 19.0 Å². The molecular formula is C24H24FN3O4S. The van der Waals surface area contributed by atoms with Crippen LogP contribution in [0.1, 0.15) is 25.8 Å². The van der Waals surface area contributed by atoms with Gasteiger partial charge in [0.05, 0.1) is 4.90 Å². The van der Waals surface area contributed by atoms with Gasteiger partial charge in [0.25, 0.3) is 5.89 Å². The van der Waals surface area contributed by atoms with Crippen molar-refractivity contribution >= 4 is 21.0 Å². The first-order valence-electron chi connectivity index (χ1n) is 10.9. The van der Waals surface area contributed by atoms with Gasteiger partial charge in [0.15, 0.2) is 5.76 Å². The van der Waals surface area contributed by atoms with Crippen molar-refractivity contribution in [3.05, 3.63) is 53.8 Å². The highest BCUT2D eigenvalue weighted by Gasteiger charge is 2.32. The van der Waals surface area contributed by atoms with Gasteiger partial charge in [-0.25, -0.2) is 12.8 Å². The number of aromatic nitrogens is 2. The molecule has 5 rings (SSSR count). The molecule has 0 aliphatic carbocycles. The predicted molar refractivity (Wildman–Crippen MR) is 121 cm³/mol. The summed E-state index contributed by atoms with van der Waals surface area (Å²) in [5.74, 6) is 1.15. The molecule has 0 spiro atoms. The molecule has 2 atom stereocenters. The number of benzene rings is 2. The third kappa shape index (κ3) is 3.95. The molecule has 0 saturated carbocycles. The van der Waals surface area contributed by atoms with Gasteiger partial charge in [-0.15, -0.1) is 0 Å². The highest BCUT2D eigenvalue weighted by molar-refractivity contribution is 7.89. The van der Waals surface area contributed by atoms with Crippen LogP contribution in [-0.4, -0.2) is 36.0 Å². The number of piperidine rings is 1. The van der Waals surface area contributed by atoms with Crippen molar-refractivity contribution in [3.63, 3.8) is 0 Å². The van der Waals surface area contributed by atoms with E-state index in [1.54, 1.807) is 34.6 Å². The fourth-order valence-electron chi connectivity index (χ4n) is 4.55. The average molecular weight is 470 g/mol. The maximum absolute atomic E-state index is 13.3. The Kier molecular flexibility index (Phi) is 5.33. The average Bonchev–Trinajstić information content (AvgIpc) is 3.38. The zero-order valence-electron chi connectivity index (χ0n) is 18.6. The van der Waals surface area contributed by atoms with Crippen LogP contribution in [0.5, 0.6) is 0 Å². The summed E-state index contributed by atoms with van der Waals surface area (Å²) in [6.07, 6.45) is 1.03. The fraction of sp³-hybridized carbons (Fsp3) is 0.333. The number of rotatable bonds is 4. The molecule has 7 nitrogen and oxygen atoms in total. The molecule has 4 aromatic rings. The third-order valence-electron chi connectivity index (χ3n) is 6.10. The Morgan fingerprint density at radius 3 is 2.45 bits per heavy atom. The number of nitrogens with zero attached hydrogens (tertiary/aromatic N) is 3. The van der Waals surface area contributed by atoms with Crippen LogP contribution in [0.2, 0.25) is 0 Å². The number of fused-ring (bicyclic) bond motifs is 1. The minimum absolute atomic E-state index is 0.172. The Labute approximate surface area is 191 Å². The third-order valence-corrected chi connectivity index (χ3v) is 7.93. The zero-order valence-corrected chi connectivity index (χ0v) is 19.4. The molecule has 33 heavy (non-hydrogen) atoms. The molecule has 0 N–H and O–H groups in total. The molecule has 1 aliphatic rings. The lowest BCUT2D eigenvalue weighted by Gasteiger charge is -2.34. The number of hydrogen-bond acceptors (Lipinski definition) is 6. The maximum Gasteiger partial charge on any atom is 0.294 e. The highest BCUT2D eigenvalue weighted by atomic mass is 32.2. The molecular weight excluding hydrogens is 445 g/mol. The molecule has 0 bridgehead atoms. The number of halogens is 1. The van der Waals surface area contributed by atoms with E-state index in [2.05, 4.69) is 24.0 Å². The zero-order chi connectivity index (χ0) is 23.3. The van der Waals surface area contributed by atoms with Gasteiger partial charge in [0.2, 0.25) is 15.8 Å². The molecule has 172 valence electrons. The van der Waals surface area contributed by atoms with E-state index >= 15 is 0 Å². The Hall–Kier alpha value is -3.04. The Morgan fingerprint density at radius 2 is 1.76 bits per heavy atom. The van der Waals surface area contributed by atoms with Crippen LogP contribution >= 0.6 is 0 Å². The topological polar surface area (TPSA) is 89.4 Å². The van der Waals surface area contributed by atoms with Crippen molar-refractivity contribution in [1.82, 2.24) is 14.4 Å². The summed E-state index contributed by atoms with van der Waals surface area (Å²) in [4.78, 5) is 4.62. The van der Waals surface area contributed by atoms with E-state index in [0.29, 0.717) is 58.6 Å². The second-order valence-electron chi connectivity index (χ2n) is 8.91. The van der Waals surface area contributed by atoms with Gasteiger partial charge in [-0.2, -0.15) is 9.29 Å². The predicted octanol–water partition coefficient (Wildman–Crippen LogP) is 5.26. The monoisotopic (exact) mass is 469 g/mol. The quantitative estimate of drug-likeness (QED) is 0.405. The Bertz CT molecular complexity index is 1420. The van der Waals surface area contributed by atoms with E-state index in [4.69, 9.17) is 8.94 Å². The summed E-state index contributed by atoms with van der Waals surface area (Å²) in [6, 6.07) is 10.7. The number of furan rings is 1. The minimum Gasteiger partial charge on any atom is -0.451 e. The normalized spacial score (nSPS) is 19.9. The van der Waals surface area contributed by atoms with E-state index in [1.165, 1.54) is 12.1 Å². The van der Waals surface area contributed by atoms with Crippen molar-refractivity contribution in [1.29, 1.82) is 0 Å². The summed E-state index contributed by atoms with van der Waals surface area (Å²) in [7, 11) is -3.62. The Morgan fingerprint density at radius 1 is 1.06 bits per heavy atom. The second-order valence-corrected chi connectivity index (χ2v) is 10.9. The molecule has 9 heteroatoms. The van der Waals surface area contributed by atoms with Crippen molar-refractivity contribution in [2.24, 2.45) is 11.8 Å². The molecule has 1 aliphatic heterocycles. The van der Waals surface area contributed by atoms with Gasteiger partial charge in [0.1, 0.15) is 11.4 Å². The largest absolute Gasteiger partial charge is 0.451 e. The number of aryl methyl sites for hydroxylation is 1. The molecule has 0 radical (unpaired) electrons. The first-order valence-corrected chi connectivity index (χ1v) is 12.3. The van der Waals surface area contributed by atoms with Crippen LogP contribution < -0.4 is 0 Å². The van der Waals surface area contributed by atoms with E-state index in [0.717, 1.165) is 6.42 Å². The van der Waals surface area contributed by atoms with Gasteiger partial charge in [-0.3, -0.25) is 0 Å². The van der Waals surface area contributed by atoms with Crippen LogP contribution in [0.15, 0.2) is 56.3 Å². The molecule has 1 fully saturated rings. The van der Waals surface area contributed by atoms with Gasteiger partial charge in [0, 0.05) is 29.6 Å². The molecule has 1 saturated heterocycles. The summed E-state index contributed by atoms with van der Waals surface area (Å²) in [6.45, 7) is 7.03. The lowest BCUT2D eigenvalue weighted by Crippen LogP contribution is -2.42. The van der Waals surface area contributed by atoms with Crippen LogP contribution in [0, 0.1) is 24.6 Å². The number of hydrogen-bond donors (Lipinski definition) is 0. The van der Waals surface area contributed by atoms with Crippen molar-refractivity contribution in [2.75, 3.05) is 13.1 Å². The van der Waals surface area contributed by atoms with E-state index in [9.17, 15) is 12.8 Å². The Balaban J connectivity index is 1.50. The van der Waals surface area contributed by atoms with Crippen LogP contribution in [0.25, 0.3) is 34.0 Å². The van der Waals surface area contributed by atoms with Crippen molar-refractivity contribution in [3.8, 4) is 23.0 Å². The minimum atomic E-state index is -3.62. The van der Waals surface area contributed by atoms with Gasteiger partial charge >= 0.3 is 0 Å². The molecule has 0 unspecified atom stereocenters. The molecule has 3 heterocycles. The van der Waals surface area contributed by atoms with E-state index in [1.807, 2.05) is 6.92 Å². The van der Waals surface area contributed by atoms with Gasteiger partial charge < -0.3 is 8.94 Å². The summed E-state index contributed by atoms with van der Waals surface area (Å²) < 4.78 is 52.7. The molecule has 0 amide bonds. The number of sulfonamides is 1. The van der Waals surface area contributed by atoms with E-state index < -0.39 is 10.0 Å². The summed E-state index contributed by atoms with van der Waals surface area (Å²) in [5.41, 5.74) is 1.85. The first-order chi connectivity index (χ1) is 15.7. The second kappa shape index (κ2) is 8.07. The smallest absolute Gasteiger partial charge is 0.294 e. The lowest BCUT2D eigenvalue weighted by molar-refractivity contribution is 0.222. The standard InChI is InChI=1S/C24H24FN3O4S/c1-14-10-15(2)13-28(12-14)33(29,30)19-8-9-21-20(11-19)16(3)22(31-21)24-26-23(27-32-24)17-4-6-18(25)7-5-17/h4-9,11,14-15H,10,12-13H2,1-3H3/t14-,15-/m1/s1. The van der Waals surface area contributed by atoms with Crippen LogP contribution in [0.3, 0.4) is 0 Å². The fourth-order valence-corrected chi connectivity index (χ4v) is 6.25. The summed E-state index contributed by atoms with van der Waals surface area (Å²) >= 11 is 0. The van der Waals surface area contributed by atoms with Crippen molar-refractivity contribution < 1.29 is 21.7 Å². The van der Waals surface area contributed by atoms with Gasteiger partial charge in [-0.05, 0) is 67.6 Å². The SMILES string of the molecule is Cc1c(-c2nc(-c3ccc(F)cc3)no2)oc2ccc(S(=O)(=O)N3C[C@H](C)C[C@@H](C)C3)cc12. The van der Waals surface area contributed by atoms with Crippen molar-refractivity contribution in [2.45, 2.75) is 32.1 Å². The maximum atomic E-state index is 13.3. The van der Waals surface area contributed by atoms with E-state index in [-0.39, 0.29) is 16.6 Å². The first kappa shape index (κ1) is 21.8. The van der Waals surface area contributed by atoms with Crippen LogP contribution in [-0.2, 0) is 10.0 Å². The summed E-state index contributed by atoms with van der Waals surface area (Å²) in [5, 5.41) is 4.64. The molecule has 2 aromatic carbocycles. The highest BCUT2D eigenvalue weighted by Crippen LogP contribution is 2.35. The van der Waals surface area contributed by atoms with Crippen LogP contribution in [0.4, 0.5) is 4.39 Å².